The van der Waals surface area contributed by atoms with E-state index in [1.807, 2.05) is 54.6 Å². The van der Waals surface area contributed by atoms with E-state index >= 15 is 0 Å². The molecule has 0 aliphatic heterocycles. The zero-order valence-corrected chi connectivity index (χ0v) is 19.6. The Morgan fingerprint density at radius 1 is 0.765 bits per heavy atom. The first-order valence-electron chi connectivity index (χ1n) is 10.5. The predicted molar refractivity (Wildman–Crippen MR) is 137 cm³/mol. The first kappa shape index (κ1) is 24.3. The summed E-state index contributed by atoms with van der Waals surface area (Å²) in [6, 6.07) is 16.5. The first-order chi connectivity index (χ1) is 16.5. The summed E-state index contributed by atoms with van der Waals surface area (Å²) in [4.78, 5) is 12.5. The van der Waals surface area contributed by atoms with Gasteiger partial charge in [0.2, 0.25) is 11.7 Å². The third-order valence-electron chi connectivity index (χ3n) is 5.05. The van der Waals surface area contributed by atoms with Gasteiger partial charge in [0.25, 0.3) is 0 Å². The van der Waals surface area contributed by atoms with Crippen LogP contribution in [0.3, 0.4) is 0 Å². The van der Waals surface area contributed by atoms with Gasteiger partial charge in [0.1, 0.15) is 5.75 Å². The monoisotopic (exact) mass is 460 g/mol. The number of ether oxygens (including phenoxy) is 4. The molecule has 0 heterocycles. The van der Waals surface area contributed by atoms with Crippen molar-refractivity contribution in [3.05, 3.63) is 77.4 Å². The maximum atomic E-state index is 12.5. The van der Waals surface area contributed by atoms with Crippen molar-refractivity contribution in [3.8, 4) is 23.0 Å². The van der Waals surface area contributed by atoms with E-state index in [-0.39, 0.29) is 5.91 Å². The zero-order chi connectivity index (χ0) is 24.5. The highest BCUT2D eigenvalue weighted by atomic mass is 16.5. The van der Waals surface area contributed by atoms with E-state index in [1.165, 1.54) is 6.08 Å². The number of nitrogen functional groups attached to an aromatic ring is 1. The maximum absolute atomic E-state index is 12.5. The van der Waals surface area contributed by atoms with E-state index in [0.29, 0.717) is 34.4 Å². The molecule has 0 spiro atoms. The molecule has 0 aromatic heterocycles. The van der Waals surface area contributed by atoms with Crippen molar-refractivity contribution in [1.82, 2.24) is 0 Å². The Bertz CT molecular complexity index is 1190. The second-order valence-electron chi connectivity index (χ2n) is 7.20. The molecule has 0 aliphatic carbocycles. The minimum Gasteiger partial charge on any atom is -0.495 e. The van der Waals surface area contributed by atoms with Gasteiger partial charge in [-0.25, -0.2) is 0 Å². The van der Waals surface area contributed by atoms with Crippen LogP contribution in [0.4, 0.5) is 11.4 Å². The van der Waals surface area contributed by atoms with Crippen molar-refractivity contribution in [2.24, 2.45) is 0 Å². The Labute approximate surface area is 199 Å². The van der Waals surface area contributed by atoms with Gasteiger partial charge in [-0.15, -0.1) is 0 Å². The van der Waals surface area contributed by atoms with Crippen molar-refractivity contribution < 1.29 is 23.7 Å². The zero-order valence-electron chi connectivity index (χ0n) is 19.6. The van der Waals surface area contributed by atoms with Crippen LogP contribution in [0.25, 0.3) is 18.2 Å². The van der Waals surface area contributed by atoms with Crippen LogP contribution >= 0.6 is 0 Å². The molecule has 0 aliphatic rings. The van der Waals surface area contributed by atoms with Crippen molar-refractivity contribution in [3.63, 3.8) is 0 Å². The van der Waals surface area contributed by atoms with Crippen LogP contribution in [0.2, 0.25) is 0 Å². The molecule has 0 atom stereocenters. The second-order valence-corrected chi connectivity index (χ2v) is 7.20. The number of nitrogens with one attached hydrogen (secondary N) is 1. The van der Waals surface area contributed by atoms with Crippen LogP contribution in [0.5, 0.6) is 23.0 Å². The van der Waals surface area contributed by atoms with E-state index in [1.54, 1.807) is 46.6 Å². The van der Waals surface area contributed by atoms with Gasteiger partial charge >= 0.3 is 0 Å². The number of carbonyl (C=O) groups excluding carboxylic acids is 1. The number of rotatable bonds is 9. The number of benzene rings is 3. The van der Waals surface area contributed by atoms with Gasteiger partial charge in [-0.2, -0.15) is 0 Å². The summed E-state index contributed by atoms with van der Waals surface area (Å²) in [5.74, 6) is 1.95. The summed E-state index contributed by atoms with van der Waals surface area (Å²) in [5, 5.41) is 2.92. The Balaban J connectivity index is 1.79. The van der Waals surface area contributed by atoms with Crippen LogP contribution in [-0.2, 0) is 4.79 Å². The molecule has 0 radical (unpaired) electrons. The highest BCUT2D eigenvalue weighted by molar-refractivity contribution is 6.03. The normalized spacial score (nSPS) is 10.9. The third-order valence-corrected chi connectivity index (χ3v) is 5.05. The molecular formula is C27H28N2O5. The largest absolute Gasteiger partial charge is 0.495 e. The van der Waals surface area contributed by atoms with Crippen molar-refractivity contribution in [2.45, 2.75) is 0 Å². The van der Waals surface area contributed by atoms with Gasteiger partial charge in [0.15, 0.2) is 11.5 Å². The van der Waals surface area contributed by atoms with Crippen LogP contribution in [0.1, 0.15) is 16.7 Å². The number of amides is 1. The summed E-state index contributed by atoms with van der Waals surface area (Å²) >= 11 is 0. The van der Waals surface area contributed by atoms with E-state index in [2.05, 4.69) is 5.32 Å². The Morgan fingerprint density at radius 3 is 2.06 bits per heavy atom. The van der Waals surface area contributed by atoms with Crippen LogP contribution < -0.4 is 30.0 Å². The van der Waals surface area contributed by atoms with Gasteiger partial charge in [0, 0.05) is 11.8 Å². The van der Waals surface area contributed by atoms with Crippen molar-refractivity contribution in [1.29, 1.82) is 0 Å². The minimum absolute atomic E-state index is 0.260. The lowest BCUT2D eigenvalue weighted by atomic mass is 10.1. The summed E-state index contributed by atoms with van der Waals surface area (Å²) in [5.41, 5.74) is 9.55. The lowest BCUT2D eigenvalue weighted by Gasteiger charge is -2.13. The number of anilines is 2. The summed E-state index contributed by atoms with van der Waals surface area (Å²) < 4.78 is 21.4. The molecule has 0 unspecified atom stereocenters. The molecule has 3 aromatic carbocycles. The number of hydrogen-bond acceptors (Lipinski definition) is 6. The van der Waals surface area contributed by atoms with Crippen LogP contribution in [0, 0.1) is 0 Å². The van der Waals surface area contributed by atoms with Gasteiger partial charge in [-0.05, 0) is 53.1 Å². The molecule has 1 amide bonds. The predicted octanol–water partition coefficient (Wildman–Crippen LogP) is 5.13. The van der Waals surface area contributed by atoms with Crippen molar-refractivity contribution >= 4 is 35.5 Å². The Kier molecular flexibility index (Phi) is 8.18. The fraction of sp³-hybridized carbons (Fsp3) is 0.148. The fourth-order valence-electron chi connectivity index (χ4n) is 3.32. The molecule has 0 fully saturated rings. The molecule has 34 heavy (non-hydrogen) atoms. The standard InChI is InChI=1S/C27H28N2O5/c1-31-23-15-18(10-13-21(23)28)11-14-26(30)29-22-8-6-5-7-20(22)12-9-19-16-24(32-2)27(34-4)25(17-19)33-3/h5-17H,28H2,1-4H3,(H,29,30)/b12-9?,14-11+. The molecule has 0 bridgehead atoms. The smallest absolute Gasteiger partial charge is 0.248 e. The molecule has 7 heteroatoms. The fourth-order valence-corrected chi connectivity index (χ4v) is 3.32. The SMILES string of the molecule is COc1cc(/C=C/C(=O)Nc2ccccc2C=Cc2cc(OC)c(OC)c(OC)c2)ccc1N. The number of nitrogens with two attached hydrogens (primary N) is 1. The number of carbonyl (C=O) groups is 1. The van der Waals surface area contributed by atoms with Crippen LogP contribution in [-0.4, -0.2) is 34.3 Å². The summed E-state index contributed by atoms with van der Waals surface area (Å²) in [6.07, 6.45) is 6.98. The lowest BCUT2D eigenvalue weighted by molar-refractivity contribution is -0.111. The topological polar surface area (TPSA) is 92.0 Å². The average molecular weight is 461 g/mol. The highest BCUT2D eigenvalue weighted by Crippen LogP contribution is 2.38. The van der Waals surface area contributed by atoms with Gasteiger partial charge in [0.05, 0.1) is 34.1 Å². The molecule has 3 rings (SSSR count). The average Bonchev–Trinajstić information content (AvgIpc) is 2.86. The third kappa shape index (κ3) is 5.89. The number of para-hydroxylation sites is 1. The van der Waals surface area contributed by atoms with E-state index in [4.69, 9.17) is 24.7 Å². The molecule has 0 saturated heterocycles. The van der Waals surface area contributed by atoms with E-state index in [9.17, 15) is 4.79 Å². The molecule has 176 valence electrons. The Morgan fingerprint density at radius 2 is 1.41 bits per heavy atom. The molecule has 0 saturated carbocycles. The molecule has 3 aromatic rings. The molecular weight excluding hydrogens is 432 g/mol. The number of hydrogen-bond donors (Lipinski definition) is 2. The van der Waals surface area contributed by atoms with E-state index < -0.39 is 0 Å². The maximum Gasteiger partial charge on any atom is 0.248 e. The quantitative estimate of drug-likeness (QED) is 0.261. The van der Waals surface area contributed by atoms with Crippen molar-refractivity contribution in [2.75, 3.05) is 39.5 Å². The van der Waals surface area contributed by atoms with Gasteiger partial charge in [-0.3, -0.25) is 4.79 Å². The van der Waals surface area contributed by atoms with Gasteiger partial charge in [-0.1, -0.05) is 36.4 Å². The molecule has 7 nitrogen and oxygen atoms in total. The van der Waals surface area contributed by atoms with Gasteiger partial charge < -0.3 is 30.0 Å². The first-order valence-corrected chi connectivity index (χ1v) is 10.5. The Hall–Kier alpha value is -4.39. The highest BCUT2D eigenvalue weighted by Gasteiger charge is 2.12. The summed E-state index contributed by atoms with van der Waals surface area (Å²) in [7, 11) is 6.26. The second kappa shape index (κ2) is 11.5. The lowest BCUT2D eigenvalue weighted by Crippen LogP contribution is -2.08. The number of methoxy groups -OCH3 is 4. The van der Waals surface area contributed by atoms with Crippen LogP contribution in [0.15, 0.2) is 60.7 Å². The summed E-state index contributed by atoms with van der Waals surface area (Å²) in [6.45, 7) is 0. The minimum atomic E-state index is -0.260. The molecule has 3 N–H and O–H groups in total. The van der Waals surface area contributed by atoms with E-state index in [0.717, 1.165) is 16.7 Å².